The minimum atomic E-state index is -0.248. The normalized spacial score (nSPS) is 12.6. The van der Waals surface area contributed by atoms with E-state index in [0.717, 1.165) is 27.3 Å². The molecule has 0 aliphatic rings. The van der Waals surface area contributed by atoms with Gasteiger partial charge in [0.25, 0.3) is 0 Å². The zero-order valence-corrected chi connectivity index (χ0v) is 21.7. The highest BCUT2D eigenvalue weighted by Crippen LogP contribution is 2.40. The van der Waals surface area contributed by atoms with Crippen LogP contribution in [-0.2, 0) is 22.0 Å². The summed E-state index contributed by atoms with van der Waals surface area (Å²) in [6.07, 6.45) is 0.895. The van der Waals surface area contributed by atoms with Gasteiger partial charge < -0.3 is 16.2 Å². The van der Waals surface area contributed by atoms with Crippen LogP contribution in [0.3, 0.4) is 0 Å². The number of phenolic OH excluding ortho intramolecular Hbond substituents is 1. The minimum absolute atomic E-state index is 0.107. The molecule has 34 heavy (non-hydrogen) atoms. The van der Waals surface area contributed by atoms with Gasteiger partial charge in [-0.3, -0.25) is 4.79 Å². The van der Waals surface area contributed by atoms with E-state index in [2.05, 4.69) is 51.9 Å². The summed E-state index contributed by atoms with van der Waals surface area (Å²) in [5.74, 6) is 0.499. The molecule has 0 bridgehead atoms. The first kappa shape index (κ1) is 25.5. The summed E-state index contributed by atoms with van der Waals surface area (Å²) in [6.45, 7) is 12.5. The molecule has 3 aromatic rings. The molecular weight excluding hydrogens is 442 g/mol. The van der Waals surface area contributed by atoms with Crippen LogP contribution in [0.15, 0.2) is 58.9 Å². The lowest BCUT2D eigenvalue weighted by molar-refractivity contribution is -0.116. The Balaban J connectivity index is 1.69. The van der Waals surface area contributed by atoms with Crippen LogP contribution >= 0.6 is 11.3 Å². The van der Waals surface area contributed by atoms with E-state index in [1.165, 1.54) is 0 Å². The lowest BCUT2D eigenvalue weighted by atomic mass is 9.79. The third-order valence-corrected chi connectivity index (χ3v) is 6.55. The number of hydrogen-bond acceptors (Lipinski definition) is 4. The highest BCUT2D eigenvalue weighted by molar-refractivity contribution is 7.12. The first-order valence-electron chi connectivity index (χ1n) is 11.5. The second kappa shape index (κ2) is 10.0. The van der Waals surface area contributed by atoms with E-state index in [9.17, 15) is 9.90 Å². The fraction of sp³-hybridized carbons (Fsp3) is 0.357. The highest BCUT2D eigenvalue weighted by Gasteiger charge is 2.25. The van der Waals surface area contributed by atoms with Crippen LogP contribution in [0.25, 0.3) is 0 Å². The highest BCUT2D eigenvalue weighted by atomic mass is 32.1. The second-order valence-corrected chi connectivity index (χ2v) is 11.6. The molecule has 4 N–H and O–H groups in total. The van der Waals surface area contributed by atoms with Crippen molar-refractivity contribution in [3.8, 4) is 5.75 Å². The van der Waals surface area contributed by atoms with Crippen LogP contribution in [0.4, 0.5) is 11.4 Å². The zero-order valence-electron chi connectivity index (χ0n) is 20.9. The molecule has 0 aliphatic carbocycles. The molecule has 0 unspecified atom stereocenters. The third kappa shape index (κ3) is 6.48. The summed E-state index contributed by atoms with van der Waals surface area (Å²) in [5, 5.41) is 15.8. The average molecular weight is 478 g/mol. The molecule has 6 heteroatoms. The summed E-state index contributed by atoms with van der Waals surface area (Å²) < 4.78 is 0. The minimum Gasteiger partial charge on any atom is -0.505 e. The first-order chi connectivity index (χ1) is 15.8. The summed E-state index contributed by atoms with van der Waals surface area (Å²) in [5.41, 5.74) is 9.88. The Morgan fingerprint density at radius 2 is 1.71 bits per heavy atom. The topological polar surface area (TPSA) is 87.7 Å². The summed E-state index contributed by atoms with van der Waals surface area (Å²) in [7, 11) is 0. The number of hydrogen-bond donors (Lipinski definition) is 3. The number of rotatable bonds is 6. The average Bonchev–Trinajstić information content (AvgIpc) is 3.28. The molecule has 0 radical (unpaired) electrons. The molecule has 1 aromatic heterocycles. The van der Waals surface area contributed by atoms with Crippen molar-refractivity contribution in [1.29, 1.82) is 0 Å². The largest absolute Gasteiger partial charge is 0.505 e. The molecule has 0 saturated heterocycles. The van der Waals surface area contributed by atoms with Crippen molar-refractivity contribution in [1.82, 2.24) is 0 Å². The molecule has 180 valence electrons. The SMILES string of the molecule is CC(C)(C)c1cc(NC(=O)CCc2ccc(N=C(N)c3cccs3)cc2)c(O)c(C(C)(C)C)c1. The van der Waals surface area contributed by atoms with Crippen LogP contribution in [0, 0.1) is 0 Å². The van der Waals surface area contributed by atoms with Crippen molar-refractivity contribution in [3.05, 3.63) is 75.5 Å². The molecule has 0 saturated carbocycles. The number of carbonyl (C=O) groups excluding carboxylic acids is 1. The maximum atomic E-state index is 12.7. The van der Waals surface area contributed by atoms with Gasteiger partial charge in [0.15, 0.2) is 0 Å². The van der Waals surface area contributed by atoms with E-state index in [0.29, 0.717) is 24.4 Å². The maximum Gasteiger partial charge on any atom is 0.224 e. The Labute approximate surface area is 206 Å². The van der Waals surface area contributed by atoms with Crippen LogP contribution < -0.4 is 11.1 Å². The number of nitrogens with two attached hydrogens (primary N) is 1. The molecule has 5 nitrogen and oxygen atoms in total. The predicted octanol–water partition coefficient (Wildman–Crippen LogP) is 6.66. The van der Waals surface area contributed by atoms with E-state index in [1.807, 2.05) is 53.9 Å². The molecular formula is C28H35N3O2S. The number of amidine groups is 1. The quantitative estimate of drug-likeness (QED) is 0.211. The smallest absolute Gasteiger partial charge is 0.224 e. The van der Waals surface area contributed by atoms with Gasteiger partial charge in [-0.25, -0.2) is 4.99 Å². The Hall–Kier alpha value is -3.12. The molecule has 1 amide bonds. The number of nitrogens with one attached hydrogen (secondary N) is 1. The number of nitrogens with zero attached hydrogens (tertiary/aromatic N) is 1. The summed E-state index contributed by atoms with van der Waals surface area (Å²) in [4.78, 5) is 18.1. The number of amides is 1. The lowest BCUT2D eigenvalue weighted by Crippen LogP contribution is -2.19. The van der Waals surface area contributed by atoms with Crippen molar-refractivity contribution in [3.63, 3.8) is 0 Å². The van der Waals surface area contributed by atoms with Gasteiger partial charge in [0, 0.05) is 12.0 Å². The Bertz CT molecular complexity index is 1170. The standard InChI is InChI=1S/C28H35N3O2S/c1-27(2,3)19-16-21(28(4,5)6)25(33)22(17-19)31-24(32)14-11-18-9-12-20(13-10-18)30-26(29)23-8-7-15-34-23/h7-10,12-13,15-17,33H,11,14H2,1-6H3,(H2,29,30)(H,31,32). The van der Waals surface area contributed by atoms with Crippen LogP contribution in [0.1, 0.15) is 69.5 Å². The van der Waals surface area contributed by atoms with Crippen LogP contribution in [0.5, 0.6) is 5.75 Å². The van der Waals surface area contributed by atoms with Gasteiger partial charge in [-0.1, -0.05) is 65.8 Å². The van der Waals surface area contributed by atoms with Crippen molar-refractivity contribution in [2.45, 2.75) is 65.2 Å². The number of aromatic hydroxyl groups is 1. The molecule has 0 aliphatic heterocycles. The Morgan fingerprint density at radius 3 is 2.26 bits per heavy atom. The predicted molar refractivity (Wildman–Crippen MR) is 144 cm³/mol. The molecule has 0 spiro atoms. The van der Waals surface area contributed by atoms with Gasteiger partial charge >= 0.3 is 0 Å². The third-order valence-electron chi connectivity index (χ3n) is 5.66. The number of carbonyl (C=O) groups is 1. The number of anilines is 1. The number of benzene rings is 2. The van der Waals surface area contributed by atoms with Gasteiger partial charge in [0.2, 0.25) is 5.91 Å². The number of aliphatic imine (C=N–C) groups is 1. The van der Waals surface area contributed by atoms with Gasteiger partial charge in [-0.15, -0.1) is 11.3 Å². The molecule has 3 rings (SSSR count). The molecule has 0 atom stereocenters. The van der Waals surface area contributed by atoms with Crippen molar-refractivity contribution >= 4 is 34.5 Å². The number of aryl methyl sites for hydroxylation is 1. The van der Waals surface area contributed by atoms with E-state index in [1.54, 1.807) is 11.3 Å². The lowest BCUT2D eigenvalue weighted by Gasteiger charge is -2.27. The number of phenols is 1. The van der Waals surface area contributed by atoms with Gasteiger partial charge in [-0.2, -0.15) is 0 Å². The van der Waals surface area contributed by atoms with Crippen LogP contribution in [0.2, 0.25) is 0 Å². The molecule has 2 aromatic carbocycles. The monoisotopic (exact) mass is 477 g/mol. The fourth-order valence-corrected chi connectivity index (χ4v) is 4.19. The van der Waals surface area contributed by atoms with E-state index < -0.39 is 0 Å². The van der Waals surface area contributed by atoms with E-state index in [-0.39, 0.29) is 22.5 Å². The van der Waals surface area contributed by atoms with Crippen molar-refractivity contribution in [2.75, 3.05) is 5.32 Å². The summed E-state index contributed by atoms with van der Waals surface area (Å²) in [6, 6.07) is 15.5. The van der Waals surface area contributed by atoms with Gasteiger partial charge in [0.1, 0.15) is 11.6 Å². The Morgan fingerprint density at radius 1 is 1.03 bits per heavy atom. The van der Waals surface area contributed by atoms with Gasteiger partial charge in [-0.05, 0) is 58.0 Å². The Kier molecular flexibility index (Phi) is 7.51. The van der Waals surface area contributed by atoms with Crippen LogP contribution in [-0.4, -0.2) is 16.8 Å². The summed E-state index contributed by atoms with van der Waals surface area (Å²) >= 11 is 1.55. The first-order valence-corrected chi connectivity index (χ1v) is 12.4. The zero-order chi connectivity index (χ0) is 25.1. The number of thiophene rings is 1. The fourth-order valence-electron chi connectivity index (χ4n) is 3.56. The molecule has 0 fully saturated rings. The second-order valence-electron chi connectivity index (χ2n) is 10.6. The van der Waals surface area contributed by atoms with E-state index >= 15 is 0 Å². The van der Waals surface area contributed by atoms with Crippen molar-refractivity contribution < 1.29 is 9.90 Å². The maximum absolute atomic E-state index is 12.7. The van der Waals surface area contributed by atoms with E-state index in [4.69, 9.17) is 5.73 Å². The molecule has 1 heterocycles. The van der Waals surface area contributed by atoms with Gasteiger partial charge in [0.05, 0.1) is 16.3 Å². The van der Waals surface area contributed by atoms with Crippen molar-refractivity contribution in [2.24, 2.45) is 10.7 Å².